The van der Waals surface area contributed by atoms with E-state index in [9.17, 15) is 0 Å². The molecule has 0 aliphatic rings. The Morgan fingerprint density at radius 2 is 1.65 bits per heavy atom. The van der Waals surface area contributed by atoms with Crippen LogP contribution in [0.2, 0.25) is 0 Å². The van der Waals surface area contributed by atoms with E-state index in [1.807, 2.05) is 7.05 Å². The van der Waals surface area contributed by atoms with Crippen LogP contribution in [0.15, 0.2) is 0 Å². The van der Waals surface area contributed by atoms with E-state index < -0.39 is 0 Å². The van der Waals surface area contributed by atoms with Crippen molar-refractivity contribution < 1.29 is 0 Å². The van der Waals surface area contributed by atoms with Crippen molar-refractivity contribution in [1.29, 1.82) is 0 Å². The molecule has 0 saturated heterocycles. The summed E-state index contributed by atoms with van der Waals surface area (Å²) in [5.41, 5.74) is 6.92. The molecule has 0 spiro atoms. The van der Waals surface area contributed by atoms with Crippen LogP contribution in [0.25, 0.3) is 0 Å². The third-order valence-electron chi connectivity index (χ3n) is 3.31. The van der Waals surface area contributed by atoms with Crippen LogP contribution < -0.4 is 21.5 Å². The molecule has 0 aliphatic heterocycles. The second kappa shape index (κ2) is 15.2. The minimum atomic E-state index is 0.449. The molecule has 5 heteroatoms. The van der Waals surface area contributed by atoms with Crippen molar-refractivity contribution in [1.82, 2.24) is 26.6 Å². The molecule has 0 radical (unpaired) electrons. The molecule has 0 amide bonds. The molecule has 0 aromatic heterocycles. The highest BCUT2D eigenvalue weighted by Gasteiger charge is 2.05. The smallest absolute Gasteiger partial charge is 0.0569 e. The molecule has 0 heterocycles. The van der Waals surface area contributed by atoms with Crippen LogP contribution in [0.5, 0.6) is 0 Å². The Hall–Kier alpha value is -0.200. The molecule has 0 saturated carbocycles. The number of nitrogens with zero attached hydrogens (tertiary/aromatic N) is 1. The third kappa shape index (κ3) is 11.6. The average Bonchev–Trinajstić information content (AvgIpc) is 2.47. The van der Waals surface area contributed by atoms with Crippen molar-refractivity contribution >= 4 is 0 Å². The molecule has 0 rings (SSSR count). The first-order chi connectivity index (χ1) is 9.78. The van der Waals surface area contributed by atoms with Crippen LogP contribution in [0.3, 0.4) is 0 Å². The lowest BCUT2D eigenvalue weighted by atomic mass is 10.2. The highest BCUT2D eigenvalue weighted by atomic mass is 15.7. The molecule has 122 valence electrons. The van der Waals surface area contributed by atoms with E-state index in [4.69, 9.17) is 0 Å². The van der Waals surface area contributed by atoms with E-state index in [-0.39, 0.29) is 0 Å². The maximum atomic E-state index is 3.47. The molecule has 0 bridgehead atoms. The zero-order valence-corrected chi connectivity index (χ0v) is 14.1. The largest absolute Gasteiger partial charge is 0.305 e. The minimum Gasteiger partial charge on any atom is -0.305 e. The summed E-state index contributed by atoms with van der Waals surface area (Å²) in [6.07, 6.45) is 7.70. The number of nitrogens with one attached hydrogen (secondary N) is 4. The van der Waals surface area contributed by atoms with E-state index >= 15 is 0 Å². The second-order valence-electron chi connectivity index (χ2n) is 5.22. The van der Waals surface area contributed by atoms with Gasteiger partial charge in [-0.25, -0.2) is 10.9 Å². The maximum Gasteiger partial charge on any atom is 0.0569 e. The zero-order chi connectivity index (χ0) is 15.1. The van der Waals surface area contributed by atoms with Crippen LogP contribution in [-0.4, -0.2) is 44.5 Å². The number of hydrazine groups is 2. The lowest BCUT2D eigenvalue weighted by molar-refractivity contribution is 0.110. The van der Waals surface area contributed by atoms with Crippen molar-refractivity contribution in [3.63, 3.8) is 0 Å². The molecule has 20 heavy (non-hydrogen) atoms. The summed E-state index contributed by atoms with van der Waals surface area (Å²) >= 11 is 0. The Bertz CT molecular complexity index is 189. The number of hydrogen-bond donors (Lipinski definition) is 4. The van der Waals surface area contributed by atoms with Crippen molar-refractivity contribution in [2.45, 2.75) is 65.5 Å². The van der Waals surface area contributed by atoms with Gasteiger partial charge in [0.25, 0.3) is 0 Å². The molecule has 1 atom stereocenters. The lowest BCUT2D eigenvalue weighted by Crippen LogP contribution is -2.49. The molecule has 0 aromatic carbocycles. The van der Waals surface area contributed by atoms with Crippen molar-refractivity contribution in [2.24, 2.45) is 0 Å². The van der Waals surface area contributed by atoms with Gasteiger partial charge in [-0.15, -0.1) is 0 Å². The minimum absolute atomic E-state index is 0.449. The van der Waals surface area contributed by atoms with Gasteiger partial charge in [0.2, 0.25) is 0 Å². The van der Waals surface area contributed by atoms with Gasteiger partial charge in [-0.2, -0.15) is 5.12 Å². The van der Waals surface area contributed by atoms with Crippen molar-refractivity contribution in [3.8, 4) is 0 Å². The first-order valence-corrected chi connectivity index (χ1v) is 8.43. The summed E-state index contributed by atoms with van der Waals surface area (Å²) in [6, 6.07) is 0. The van der Waals surface area contributed by atoms with Gasteiger partial charge in [-0.05, 0) is 45.7 Å². The molecule has 0 aromatic rings. The number of hydrogen-bond acceptors (Lipinski definition) is 5. The number of unbranched alkanes of at least 4 members (excludes halogenated alkanes) is 2. The van der Waals surface area contributed by atoms with Gasteiger partial charge < -0.3 is 10.6 Å². The highest BCUT2D eigenvalue weighted by Crippen LogP contribution is 1.99. The maximum absolute atomic E-state index is 3.47. The summed E-state index contributed by atoms with van der Waals surface area (Å²) in [6.45, 7) is 10.8. The fourth-order valence-electron chi connectivity index (χ4n) is 2.06. The quantitative estimate of drug-likeness (QED) is 0.210. The van der Waals surface area contributed by atoms with Crippen LogP contribution in [-0.2, 0) is 0 Å². The Labute approximate surface area is 126 Å². The fourth-order valence-corrected chi connectivity index (χ4v) is 2.06. The van der Waals surface area contributed by atoms with Crippen molar-refractivity contribution in [3.05, 3.63) is 0 Å². The standard InChI is InChI=1S/C15H37N5/c1-5-8-13-19-20(18-12-6-2)14-10-9-11-15(16-4)17-7-3/h15-19H,5-14H2,1-4H3. The zero-order valence-electron chi connectivity index (χ0n) is 14.1. The SMILES string of the molecule is CCCCNN(CCCCC(NC)NCC)NCCC. The van der Waals surface area contributed by atoms with Gasteiger partial charge in [0, 0.05) is 19.6 Å². The summed E-state index contributed by atoms with van der Waals surface area (Å²) in [5, 5.41) is 8.93. The molecule has 4 N–H and O–H groups in total. The van der Waals surface area contributed by atoms with E-state index in [1.165, 1.54) is 32.1 Å². The molecule has 1 unspecified atom stereocenters. The normalized spacial score (nSPS) is 13.1. The molecule has 0 fully saturated rings. The molecular weight excluding hydrogens is 250 g/mol. The molecule has 5 nitrogen and oxygen atoms in total. The monoisotopic (exact) mass is 287 g/mol. The predicted octanol–water partition coefficient (Wildman–Crippen LogP) is 1.83. The van der Waals surface area contributed by atoms with Gasteiger partial charge >= 0.3 is 0 Å². The average molecular weight is 287 g/mol. The van der Waals surface area contributed by atoms with E-state index in [1.54, 1.807) is 0 Å². The number of rotatable bonds is 15. The van der Waals surface area contributed by atoms with Crippen LogP contribution in [0, 0.1) is 0 Å². The van der Waals surface area contributed by atoms with Crippen molar-refractivity contribution in [2.75, 3.05) is 33.2 Å². The van der Waals surface area contributed by atoms with Gasteiger partial charge in [-0.3, -0.25) is 0 Å². The summed E-state index contributed by atoms with van der Waals surface area (Å²) in [7, 11) is 2.02. The van der Waals surface area contributed by atoms with Gasteiger partial charge in [0.05, 0.1) is 6.17 Å². The Balaban J connectivity index is 3.75. The van der Waals surface area contributed by atoms with Crippen LogP contribution >= 0.6 is 0 Å². The Morgan fingerprint density at radius 1 is 0.900 bits per heavy atom. The molecule has 0 aliphatic carbocycles. The molecular formula is C15H37N5. The van der Waals surface area contributed by atoms with E-state index in [0.717, 1.165) is 32.6 Å². The first-order valence-electron chi connectivity index (χ1n) is 8.43. The van der Waals surface area contributed by atoms with Crippen LogP contribution in [0.1, 0.15) is 59.3 Å². The van der Waals surface area contributed by atoms with Gasteiger partial charge in [0.1, 0.15) is 0 Å². The summed E-state index contributed by atoms with van der Waals surface area (Å²) < 4.78 is 0. The third-order valence-corrected chi connectivity index (χ3v) is 3.31. The van der Waals surface area contributed by atoms with E-state index in [2.05, 4.69) is 47.4 Å². The van der Waals surface area contributed by atoms with E-state index in [0.29, 0.717) is 6.17 Å². The topological polar surface area (TPSA) is 51.4 Å². The first kappa shape index (κ1) is 19.8. The fraction of sp³-hybridized carbons (Fsp3) is 1.00. The predicted molar refractivity (Wildman–Crippen MR) is 88.3 cm³/mol. The van der Waals surface area contributed by atoms with Gasteiger partial charge in [0.15, 0.2) is 0 Å². The summed E-state index contributed by atoms with van der Waals surface area (Å²) in [4.78, 5) is 0. The summed E-state index contributed by atoms with van der Waals surface area (Å²) in [5.74, 6) is 0. The second-order valence-corrected chi connectivity index (χ2v) is 5.22. The van der Waals surface area contributed by atoms with Gasteiger partial charge in [-0.1, -0.05) is 27.2 Å². The lowest BCUT2D eigenvalue weighted by Gasteiger charge is -2.24. The van der Waals surface area contributed by atoms with Crippen LogP contribution in [0.4, 0.5) is 0 Å². The highest BCUT2D eigenvalue weighted by molar-refractivity contribution is 4.61. The Kier molecular flexibility index (Phi) is 15.0. The Morgan fingerprint density at radius 3 is 2.25 bits per heavy atom.